The van der Waals surface area contributed by atoms with Crippen molar-refractivity contribution in [3.63, 3.8) is 0 Å². The zero-order valence-electron chi connectivity index (χ0n) is 13.7. The molecule has 128 valence electrons. The van der Waals surface area contributed by atoms with Crippen LogP contribution < -0.4 is 20.1 Å². The van der Waals surface area contributed by atoms with Gasteiger partial charge in [0.05, 0.1) is 13.7 Å². The summed E-state index contributed by atoms with van der Waals surface area (Å²) in [6, 6.07) is 18.3. The van der Waals surface area contributed by atoms with Crippen LogP contribution in [0.25, 0.3) is 0 Å². The molecule has 6 heteroatoms. The summed E-state index contributed by atoms with van der Waals surface area (Å²) >= 11 is 1.61. The summed E-state index contributed by atoms with van der Waals surface area (Å²) in [7, 11) is 1.60. The van der Waals surface area contributed by atoms with Crippen molar-refractivity contribution in [3.8, 4) is 17.2 Å². The van der Waals surface area contributed by atoms with Crippen LogP contribution in [-0.4, -0.2) is 13.1 Å². The highest BCUT2D eigenvalue weighted by atomic mass is 32.1. The molecule has 0 saturated carbocycles. The van der Waals surface area contributed by atoms with Gasteiger partial charge < -0.3 is 20.1 Å². The number of ether oxygens (including phenoxy) is 2. The third kappa shape index (κ3) is 4.74. The minimum absolute atomic E-state index is 0.244. The molecular formula is C19H18N2O3S. The molecule has 0 fully saturated rings. The number of methoxy groups -OCH3 is 1. The highest BCUT2D eigenvalue weighted by Gasteiger charge is 2.06. The molecular weight excluding hydrogens is 336 g/mol. The second-order valence-corrected chi connectivity index (χ2v) is 6.20. The van der Waals surface area contributed by atoms with Gasteiger partial charge in [-0.3, -0.25) is 0 Å². The number of urea groups is 1. The minimum Gasteiger partial charge on any atom is -0.493 e. The number of amides is 2. The van der Waals surface area contributed by atoms with Gasteiger partial charge in [0.1, 0.15) is 5.75 Å². The Kier molecular flexibility index (Phi) is 5.53. The molecule has 5 nitrogen and oxygen atoms in total. The van der Waals surface area contributed by atoms with Crippen molar-refractivity contribution in [1.29, 1.82) is 0 Å². The van der Waals surface area contributed by atoms with E-state index in [-0.39, 0.29) is 6.03 Å². The SMILES string of the molecule is COc1ccccc1Oc1ccc(NC(=O)NCc2cccs2)cc1. The van der Waals surface area contributed by atoms with Gasteiger partial charge in [0.15, 0.2) is 11.5 Å². The van der Waals surface area contributed by atoms with E-state index in [0.29, 0.717) is 29.5 Å². The van der Waals surface area contributed by atoms with Crippen LogP contribution >= 0.6 is 11.3 Å². The van der Waals surface area contributed by atoms with E-state index in [1.807, 2.05) is 41.8 Å². The minimum atomic E-state index is -0.244. The molecule has 1 heterocycles. The number of thiophene rings is 1. The number of nitrogens with one attached hydrogen (secondary N) is 2. The van der Waals surface area contributed by atoms with E-state index >= 15 is 0 Å². The first-order valence-corrected chi connectivity index (χ1v) is 8.61. The zero-order chi connectivity index (χ0) is 17.5. The molecule has 0 saturated heterocycles. The highest BCUT2D eigenvalue weighted by molar-refractivity contribution is 7.09. The maximum atomic E-state index is 11.9. The lowest BCUT2D eigenvalue weighted by atomic mass is 10.3. The number of anilines is 1. The molecule has 0 radical (unpaired) electrons. The molecule has 2 amide bonds. The second-order valence-electron chi connectivity index (χ2n) is 5.16. The Balaban J connectivity index is 1.55. The molecule has 3 aromatic rings. The number of hydrogen-bond donors (Lipinski definition) is 2. The lowest BCUT2D eigenvalue weighted by molar-refractivity contribution is 0.252. The first-order chi connectivity index (χ1) is 12.2. The third-order valence-electron chi connectivity index (χ3n) is 3.41. The van der Waals surface area contributed by atoms with Gasteiger partial charge in [-0.2, -0.15) is 0 Å². The Morgan fingerprint density at radius 3 is 2.44 bits per heavy atom. The molecule has 1 aromatic heterocycles. The van der Waals surface area contributed by atoms with E-state index in [1.165, 1.54) is 0 Å². The van der Waals surface area contributed by atoms with Gasteiger partial charge >= 0.3 is 6.03 Å². The molecule has 0 spiro atoms. The maximum Gasteiger partial charge on any atom is 0.319 e. The van der Waals surface area contributed by atoms with Gasteiger partial charge in [-0.15, -0.1) is 11.3 Å². The van der Waals surface area contributed by atoms with E-state index in [0.717, 1.165) is 4.88 Å². The average Bonchev–Trinajstić information content (AvgIpc) is 3.16. The largest absolute Gasteiger partial charge is 0.493 e. The van der Waals surface area contributed by atoms with Crippen molar-refractivity contribution in [3.05, 3.63) is 70.9 Å². The topological polar surface area (TPSA) is 59.6 Å². The first kappa shape index (κ1) is 16.9. The summed E-state index contributed by atoms with van der Waals surface area (Å²) < 4.78 is 11.1. The predicted octanol–water partition coefficient (Wildman–Crippen LogP) is 4.87. The van der Waals surface area contributed by atoms with Crippen LogP contribution in [-0.2, 0) is 6.54 Å². The Labute approximate surface area is 150 Å². The van der Waals surface area contributed by atoms with Crippen molar-refractivity contribution in [2.24, 2.45) is 0 Å². The van der Waals surface area contributed by atoms with Gasteiger partial charge in [-0.05, 0) is 47.8 Å². The molecule has 0 aliphatic rings. The number of para-hydroxylation sites is 2. The summed E-state index contributed by atoms with van der Waals surface area (Å²) in [6.45, 7) is 0.512. The molecule has 2 aromatic carbocycles. The van der Waals surface area contributed by atoms with E-state index in [1.54, 1.807) is 42.7 Å². The van der Waals surface area contributed by atoms with Crippen LogP contribution in [0.4, 0.5) is 10.5 Å². The van der Waals surface area contributed by atoms with Crippen LogP contribution in [0, 0.1) is 0 Å². The molecule has 0 aliphatic heterocycles. The fourth-order valence-corrected chi connectivity index (χ4v) is 2.84. The van der Waals surface area contributed by atoms with Gasteiger partial charge in [0.2, 0.25) is 0 Å². The molecule has 2 N–H and O–H groups in total. The number of benzene rings is 2. The van der Waals surface area contributed by atoms with E-state index in [9.17, 15) is 4.79 Å². The maximum absolute atomic E-state index is 11.9. The lowest BCUT2D eigenvalue weighted by Gasteiger charge is -2.11. The summed E-state index contributed by atoms with van der Waals surface area (Å²) in [4.78, 5) is 13.0. The lowest BCUT2D eigenvalue weighted by Crippen LogP contribution is -2.27. The standard InChI is InChI=1S/C19H18N2O3S/c1-23-17-6-2-3-7-18(17)24-15-10-8-14(9-11-15)21-19(22)20-13-16-5-4-12-25-16/h2-12H,13H2,1H3,(H2,20,21,22). The fraction of sp³-hybridized carbons (Fsp3) is 0.105. The van der Waals surface area contributed by atoms with Crippen molar-refractivity contribution in [1.82, 2.24) is 5.32 Å². The number of carbonyl (C=O) groups excluding carboxylic acids is 1. The van der Waals surface area contributed by atoms with Crippen molar-refractivity contribution < 1.29 is 14.3 Å². The van der Waals surface area contributed by atoms with Gasteiger partial charge in [0.25, 0.3) is 0 Å². The van der Waals surface area contributed by atoms with Crippen LogP contribution in [0.3, 0.4) is 0 Å². The monoisotopic (exact) mass is 354 g/mol. The van der Waals surface area contributed by atoms with Crippen molar-refractivity contribution >= 4 is 23.1 Å². The van der Waals surface area contributed by atoms with E-state index < -0.39 is 0 Å². The normalized spacial score (nSPS) is 10.1. The van der Waals surface area contributed by atoms with E-state index in [4.69, 9.17) is 9.47 Å². The Morgan fingerprint density at radius 1 is 1.00 bits per heavy atom. The number of carbonyl (C=O) groups is 1. The predicted molar refractivity (Wildman–Crippen MR) is 99.7 cm³/mol. The Morgan fingerprint density at radius 2 is 1.76 bits per heavy atom. The fourth-order valence-electron chi connectivity index (χ4n) is 2.19. The van der Waals surface area contributed by atoms with Crippen molar-refractivity contribution in [2.45, 2.75) is 6.54 Å². The summed E-state index contributed by atoms with van der Waals surface area (Å²) in [6.07, 6.45) is 0. The average molecular weight is 354 g/mol. The number of hydrogen-bond acceptors (Lipinski definition) is 4. The van der Waals surface area contributed by atoms with Crippen molar-refractivity contribution in [2.75, 3.05) is 12.4 Å². The van der Waals surface area contributed by atoms with Crippen LogP contribution in [0.2, 0.25) is 0 Å². The summed E-state index contributed by atoms with van der Waals surface area (Å²) in [5, 5.41) is 7.59. The molecule has 25 heavy (non-hydrogen) atoms. The quantitative estimate of drug-likeness (QED) is 0.664. The molecule has 0 unspecified atom stereocenters. The van der Waals surface area contributed by atoms with Crippen LogP contribution in [0.15, 0.2) is 66.0 Å². The second kappa shape index (κ2) is 8.21. The molecule has 0 atom stereocenters. The van der Waals surface area contributed by atoms with Crippen LogP contribution in [0.1, 0.15) is 4.88 Å². The van der Waals surface area contributed by atoms with Crippen LogP contribution in [0.5, 0.6) is 17.2 Å². The molecule has 0 bridgehead atoms. The van der Waals surface area contributed by atoms with E-state index in [2.05, 4.69) is 10.6 Å². The molecule has 3 rings (SSSR count). The number of rotatable bonds is 6. The summed E-state index contributed by atoms with van der Waals surface area (Å²) in [5.41, 5.74) is 0.691. The first-order valence-electron chi connectivity index (χ1n) is 7.73. The highest BCUT2D eigenvalue weighted by Crippen LogP contribution is 2.31. The molecule has 0 aliphatic carbocycles. The smallest absolute Gasteiger partial charge is 0.319 e. The van der Waals surface area contributed by atoms with Gasteiger partial charge in [0, 0.05) is 10.6 Å². The Bertz CT molecular complexity index is 817. The Hall–Kier alpha value is -2.99. The van der Waals surface area contributed by atoms with Gasteiger partial charge in [-0.25, -0.2) is 4.79 Å². The summed E-state index contributed by atoms with van der Waals surface area (Å²) in [5.74, 6) is 1.96. The van der Waals surface area contributed by atoms with Gasteiger partial charge in [-0.1, -0.05) is 18.2 Å². The zero-order valence-corrected chi connectivity index (χ0v) is 14.5. The third-order valence-corrected chi connectivity index (χ3v) is 4.29.